The molecule has 3 aromatic rings. The van der Waals surface area contributed by atoms with Crippen LogP contribution in [0, 0.1) is 0 Å². The highest BCUT2D eigenvalue weighted by Crippen LogP contribution is 2.34. The summed E-state index contributed by atoms with van der Waals surface area (Å²) in [5, 5.41) is 7.88. The average Bonchev–Trinajstić information content (AvgIpc) is 2.80. The van der Waals surface area contributed by atoms with Gasteiger partial charge in [0.25, 0.3) is 0 Å². The zero-order chi connectivity index (χ0) is 26.5. The second-order valence-corrected chi connectivity index (χ2v) is 9.58. The van der Waals surface area contributed by atoms with Crippen LogP contribution in [0.3, 0.4) is 0 Å². The van der Waals surface area contributed by atoms with Gasteiger partial charge in [-0.2, -0.15) is 18.2 Å². The molecule has 0 unspecified atom stereocenters. The number of alkyl halides is 3. The van der Waals surface area contributed by atoms with E-state index in [2.05, 4.69) is 30.9 Å². The molecule has 0 saturated heterocycles. The number of primary amides is 1. The zero-order valence-electron chi connectivity index (χ0n) is 19.2. The maximum Gasteiger partial charge on any atom is 0.421 e. The molecule has 15 heteroatoms. The lowest BCUT2D eigenvalue weighted by Crippen LogP contribution is -2.28. The van der Waals surface area contributed by atoms with Crippen LogP contribution >= 0.6 is 0 Å². The second-order valence-electron chi connectivity index (χ2n) is 7.57. The molecule has 1 aromatic carbocycles. The van der Waals surface area contributed by atoms with Crippen LogP contribution in [0.25, 0.3) is 0 Å². The third-order valence-corrected chi connectivity index (χ3v) is 6.02. The van der Waals surface area contributed by atoms with Crippen molar-refractivity contribution in [1.29, 1.82) is 0 Å². The zero-order valence-corrected chi connectivity index (χ0v) is 20.0. The largest absolute Gasteiger partial charge is 0.421 e. The highest BCUT2D eigenvalue weighted by molar-refractivity contribution is 7.92. The number of aromatic nitrogens is 3. The maximum atomic E-state index is 13.6. The van der Waals surface area contributed by atoms with Gasteiger partial charge < -0.3 is 21.7 Å². The smallest absolute Gasteiger partial charge is 0.365 e. The molecular formula is C21H23F3N8O3S. The van der Waals surface area contributed by atoms with Gasteiger partial charge in [0, 0.05) is 43.8 Å². The molecule has 0 aliphatic heterocycles. The van der Waals surface area contributed by atoms with Crippen molar-refractivity contribution in [3.63, 3.8) is 0 Å². The third-order valence-electron chi connectivity index (χ3n) is 4.85. The van der Waals surface area contributed by atoms with E-state index in [1.54, 1.807) is 24.3 Å². The van der Waals surface area contributed by atoms with Crippen molar-refractivity contribution in [3.05, 3.63) is 65.5 Å². The van der Waals surface area contributed by atoms with Crippen LogP contribution in [-0.4, -0.2) is 42.7 Å². The molecule has 0 atom stereocenters. The Labute approximate surface area is 205 Å². The van der Waals surface area contributed by atoms with E-state index in [1.807, 2.05) is 0 Å². The fourth-order valence-electron chi connectivity index (χ4n) is 3.05. The van der Waals surface area contributed by atoms with Crippen LogP contribution in [0.4, 0.5) is 41.2 Å². The Kier molecular flexibility index (Phi) is 7.82. The standard InChI is InChI=1S/C21H23F3N8O3S/c1-32(36(2,34)35)18-14(6-4-8-26-18)11-27-17-16(21(22,23)24)12-29-20(31-17)30-15-7-3-5-13(9-15)10-28-19(25)33/h3-9,12H,10-11H2,1-2H3,(H3,25,28,33)(H2,27,29,30,31). The molecule has 3 rings (SSSR count). The minimum atomic E-state index is -4.75. The summed E-state index contributed by atoms with van der Waals surface area (Å²) < 4.78 is 65.6. The number of urea groups is 1. The number of nitrogens with one attached hydrogen (secondary N) is 3. The summed E-state index contributed by atoms with van der Waals surface area (Å²) in [5.41, 5.74) is 5.45. The minimum Gasteiger partial charge on any atom is -0.365 e. The molecule has 2 aromatic heterocycles. The van der Waals surface area contributed by atoms with Gasteiger partial charge in [0.1, 0.15) is 17.2 Å². The summed E-state index contributed by atoms with van der Waals surface area (Å²) >= 11 is 0. The Morgan fingerprint density at radius 3 is 2.56 bits per heavy atom. The maximum absolute atomic E-state index is 13.6. The number of amides is 2. The Morgan fingerprint density at radius 1 is 1.14 bits per heavy atom. The third kappa shape index (κ3) is 6.94. The van der Waals surface area contributed by atoms with Crippen molar-refractivity contribution in [1.82, 2.24) is 20.3 Å². The van der Waals surface area contributed by atoms with Crippen molar-refractivity contribution in [3.8, 4) is 0 Å². The van der Waals surface area contributed by atoms with E-state index in [9.17, 15) is 26.4 Å². The van der Waals surface area contributed by atoms with Gasteiger partial charge in [0.15, 0.2) is 0 Å². The van der Waals surface area contributed by atoms with Crippen molar-refractivity contribution < 1.29 is 26.4 Å². The number of nitrogens with zero attached hydrogens (tertiary/aromatic N) is 4. The molecule has 0 fully saturated rings. The lowest BCUT2D eigenvalue weighted by Gasteiger charge is -2.20. The summed E-state index contributed by atoms with van der Waals surface area (Å²) in [5.74, 6) is -0.566. The summed E-state index contributed by atoms with van der Waals surface area (Å²) in [6.45, 7) is -0.0439. The Morgan fingerprint density at radius 2 is 1.89 bits per heavy atom. The van der Waals surface area contributed by atoms with E-state index in [0.29, 0.717) is 23.0 Å². The first-order chi connectivity index (χ1) is 16.8. The van der Waals surface area contributed by atoms with E-state index in [0.717, 1.165) is 10.6 Å². The number of hydrogen-bond donors (Lipinski definition) is 4. The van der Waals surface area contributed by atoms with Crippen LogP contribution in [0.2, 0.25) is 0 Å². The molecular weight excluding hydrogens is 501 g/mol. The Bertz CT molecular complexity index is 1350. The summed E-state index contributed by atoms with van der Waals surface area (Å²) in [6, 6.07) is 9.06. The van der Waals surface area contributed by atoms with Crippen LogP contribution < -0.4 is 26.0 Å². The summed E-state index contributed by atoms with van der Waals surface area (Å²) in [6.07, 6.45) is -1.74. The second kappa shape index (κ2) is 10.6. The first-order valence-corrected chi connectivity index (χ1v) is 12.1. The lowest BCUT2D eigenvalue weighted by atomic mass is 10.2. The quantitative estimate of drug-likeness (QED) is 0.333. The van der Waals surface area contributed by atoms with Gasteiger partial charge in [-0.3, -0.25) is 4.31 Å². The number of anilines is 4. The minimum absolute atomic E-state index is 0.0647. The van der Waals surface area contributed by atoms with Crippen LogP contribution in [0.5, 0.6) is 0 Å². The topological polar surface area (TPSA) is 155 Å². The number of benzene rings is 1. The van der Waals surface area contributed by atoms with Crippen molar-refractivity contribution in [2.45, 2.75) is 19.3 Å². The monoisotopic (exact) mass is 524 g/mol. The number of carbonyl (C=O) groups is 1. The van der Waals surface area contributed by atoms with E-state index in [1.165, 1.54) is 25.4 Å². The predicted molar refractivity (Wildman–Crippen MR) is 128 cm³/mol. The van der Waals surface area contributed by atoms with Gasteiger partial charge in [0.05, 0.1) is 6.26 Å². The fraction of sp³-hybridized carbons (Fsp3) is 0.238. The number of nitrogens with two attached hydrogens (primary N) is 1. The molecule has 0 aliphatic rings. The number of pyridine rings is 1. The lowest BCUT2D eigenvalue weighted by molar-refractivity contribution is -0.137. The van der Waals surface area contributed by atoms with Gasteiger partial charge in [0.2, 0.25) is 16.0 Å². The number of rotatable bonds is 9. The number of hydrogen-bond acceptors (Lipinski definition) is 8. The molecule has 0 aliphatic carbocycles. The molecule has 36 heavy (non-hydrogen) atoms. The molecule has 5 N–H and O–H groups in total. The Hall–Kier alpha value is -4.14. The van der Waals surface area contributed by atoms with Crippen molar-refractivity contribution in [2.75, 3.05) is 28.2 Å². The SMILES string of the molecule is CN(c1ncccc1CNc1nc(Nc2cccc(CNC(N)=O)c2)ncc1C(F)(F)F)S(C)(=O)=O. The van der Waals surface area contributed by atoms with Gasteiger partial charge in [-0.25, -0.2) is 23.2 Å². The first kappa shape index (κ1) is 26.5. The van der Waals surface area contributed by atoms with E-state index >= 15 is 0 Å². The van der Waals surface area contributed by atoms with E-state index in [-0.39, 0.29) is 24.9 Å². The van der Waals surface area contributed by atoms with Gasteiger partial charge in [-0.1, -0.05) is 18.2 Å². The molecule has 0 spiro atoms. The molecule has 0 radical (unpaired) electrons. The van der Waals surface area contributed by atoms with E-state index in [4.69, 9.17) is 5.73 Å². The molecule has 2 heterocycles. The van der Waals surface area contributed by atoms with Gasteiger partial charge in [-0.05, 0) is 23.8 Å². The molecule has 192 valence electrons. The molecule has 0 bridgehead atoms. The molecule has 11 nitrogen and oxygen atoms in total. The van der Waals surface area contributed by atoms with Gasteiger partial charge in [-0.15, -0.1) is 0 Å². The highest BCUT2D eigenvalue weighted by atomic mass is 32.2. The fourth-order valence-corrected chi connectivity index (χ4v) is 3.53. The van der Waals surface area contributed by atoms with Crippen LogP contribution in [0.1, 0.15) is 16.7 Å². The van der Waals surface area contributed by atoms with Crippen molar-refractivity contribution >= 4 is 39.3 Å². The summed E-state index contributed by atoms with van der Waals surface area (Å²) in [7, 11) is -2.36. The van der Waals surface area contributed by atoms with E-state index < -0.39 is 33.6 Å². The number of halogens is 3. The number of sulfonamides is 1. The molecule has 2 amide bonds. The normalized spacial score (nSPS) is 11.6. The summed E-state index contributed by atoms with van der Waals surface area (Å²) in [4.78, 5) is 22.7. The first-order valence-electron chi connectivity index (χ1n) is 10.3. The van der Waals surface area contributed by atoms with Gasteiger partial charge >= 0.3 is 12.2 Å². The number of carbonyl (C=O) groups excluding carboxylic acids is 1. The average molecular weight is 525 g/mol. The van der Waals surface area contributed by atoms with Crippen LogP contribution in [-0.2, 0) is 29.3 Å². The predicted octanol–water partition coefficient (Wildman–Crippen LogP) is 2.81. The van der Waals surface area contributed by atoms with Crippen molar-refractivity contribution in [2.24, 2.45) is 5.73 Å². The Balaban J connectivity index is 1.87. The van der Waals surface area contributed by atoms with Crippen LogP contribution in [0.15, 0.2) is 48.8 Å². The highest BCUT2D eigenvalue weighted by Gasteiger charge is 2.35. The molecule has 0 saturated carbocycles.